The van der Waals surface area contributed by atoms with Crippen LogP contribution in [0.2, 0.25) is 0 Å². The molecular weight excluding hydrogens is 402 g/mol. The molecule has 156 valence electrons. The molecule has 1 aliphatic rings. The number of nitrogens with one attached hydrogen (secondary N) is 1. The fourth-order valence-electron chi connectivity index (χ4n) is 3.33. The summed E-state index contributed by atoms with van der Waals surface area (Å²) in [6.07, 6.45) is 0. The Morgan fingerprint density at radius 2 is 1.55 bits per heavy atom. The number of hydrogen-bond acceptors (Lipinski definition) is 4. The van der Waals surface area contributed by atoms with Gasteiger partial charge in [0.1, 0.15) is 23.1 Å². The second-order valence-electron chi connectivity index (χ2n) is 7.01. The molecule has 0 radical (unpaired) electrons. The van der Waals surface area contributed by atoms with E-state index in [1.807, 2.05) is 19.1 Å². The first-order chi connectivity index (χ1) is 14.9. The Balaban J connectivity index is 1.82. The van der Waals surface area contributed by atoms with Crippen LogP contribution in [0.25, 0.3) is 5.57 Å². The Labute approximate surface area is 177 Å². The van der Waals surface area contributed by atoms with Crippen LogP contribution in [0.5, 0.6) is 5.75 Å². The summed E-state index contributed by atoms with van der Waals surface area (Å²) in [6, 6.07) is 16.5. The molecular formula is C24H18F2N2O3. The number of rotatable bonds is 5. The topological polar surface area (TPSA) is 58.6 Å². The molecule has 0 saturated heterocycles. The Morgan fingerprint density at radius 3 is 2.16 bits per heavy atom. The molecule has 4 rings (SSSR count). The van der Waals surface area contributed by atoms with E-state index in [4.69, 9.17) is 4.74 Å². The summed E-state index contributed by atoms with van der Waals surface area (Å²) in [4.78, 5) is 27.2. The fourth-order valence-corrected chi connectivity index (χ4v) is 3.33. The van der Waals surface area contributed by atoms with E-state index in [1.165, 1.54) is 7.11 Å². The maximum Gasteiger partial charge on any atom is 0.282 e. The van der Waals surface area contributed by atoms with E-state index in [1.54, 1.807) is 36.4 Å². The van der Waals surface area contributed by atoms with Gasteiger partial charge in [-0.15, -0.1) is 0 Å². The minimum Gasteiger partial charge on any atom is -0.497 e. The molecule has 0 atom stereocenters. The molecule has 0 aromatic heterocycles. The van der Waals surface area contributed by atoms with Gasteiger partial charge in [0.05, 0.1) is 18.4 Å². The monoisotopic (exact) mass is 420 g/mol. The summed E-state index contributed by atoms with van der Waals surface area (Å²) in [7, 11) is 1.52. The highest BCUT2D eigenvalue weighted by Gasteiger charge is 2.41. The van der Waals surface area contributed by atoms with E-state index >= 15 is 0 Å². The van der Waals surface area contributed by atoms with E-state index in [9.17, 15) is 18.4 Å². The summed E-state index contributed by atoms with van der Waals surface area (Å²) in [6.45, 7) is 1.93. The van der Waals surface area contributed by atoms with Crippen LogP contribution in [0, 0.1) is 18.6 Å². The van der Waals surface area contributed by atoms with Crippen LogP contribution in [0.3, 0.4) is 0 Å². The van der Waals surface area contributed by atoms with Gasteiger partial charge in [0.25, 0.3) is 11.8 Å². The van der Waals surface area contributed by atoms with Crippen molar-refractivity contribution in [1.29, 1.82) is 0 Å². The normalized spacial score (nSPS) is 13.7. The number of imide groups is 1. The quantitative estimate of drug-likeness (QED) is 0.609. The Hall–Kier alpha value is -4.00. The van der Waals surface area contributed by atoms with Gasteiger partial charge in [0, 0.05) is 11.8 Å². The van der Waals surface area contributed by atoms with Crippen molar-refractivity contribution in [3.8, 4) is 5.75 Å². The van der Waals surface area contributed by atoms with Crippen LogP contribution in [-0.4, -0.2) is 18.9 Å². The maximum atomic E-state index is 14.4. The van der Waals surface area contributed by atoms with Gasteiger partial charge in [-0.3, -0.25) is 9.59 Å². The predicted octanol–water partition coefficient (Wildman–Crippen LogP) is 4.68. The zero-order chi connectivity index (χ0) is 22.1. The number of ether oxygens (including phenoxy) is 1. The molecule has 31 heavy (non-hydrogen) atoms. The number of hydrogen-bond donors (Lipinski definition) is 1. The number of halogens is 2. The molecule has 1 N–H and O–H groups in total. The summed E-state index contributed by atoms with van der Waals surface area (Å²) in [5.74, 6) is -2.68. The van der Waals surface area contributed by atoms with E-state index in [0.29, 0.717) is 28.0 Å². The van der Waals surface area contributed by atoms with Crippen LogP contribution in [0.4, 0.5) is 20.2 Å². The largest absolute Gasteiger partial charge is 0.497 e. The summed E-state index contributed by atoms with van der Waals surface area (Å²) in [5, 5.41) is 3.00. The van der Waals surface area contributed by atoms with Crippen molar-refractivity contribution in [2.75, 3.05) is 17.3 Å². The number of benzene rings is 3. The number of aryl methyl sites for hydroxylation is 1. The highest BCUT2D eigenvalue weighted by Crippen LogP contribution is 2.35. The van der Waals surface area contributed by atoms with Crippen LogP contribution >= 0.6 is 0 Å². The fraction of sp³-hybridized carbons (Fsp3) is 0.0833. The van der Waals surface area contributed by atoms with Gasteiger partial charge in [-0.25, -0.2) is 13.7 Å². The molecule has 3 aromatic carbocycles. The van der Waals surface area contributed by atoms with Gasteiger partial charge in [0.2, 0.25) is 0 Å². The summed E-state index contributed by atoms with van der Waals surface area (Å²) >= 11 is 0. The number of methoxy groups -OCH3 is 1. The van der Waals surface area contributed by atoms with Gasteiger partial charge < -0.3 is 10.1 Å². The maximum absolute atomic E-state index is 14.4. The second-order valence-corrected chi connectivity index (χ2v) is 7.01. The molecule has 0 bridgehead atoms. The molecule has 1 aliphatic heterocycles. The molecule has 7 heteroatoms. The van der Waals surface area contributed by atoms with Crippen molar-refractivity contribution in [3.63, 3.8) is 0 Å². The van der Waals surface area contributed by atoms with Gasteiger partial charge in [-0.1, -0.05) is 29.8 Å². The van der Waals surface area contributed by atoms with Crippen LogP contribution in [0.1, 0.15) is 11.1 Å². The van der Waals surface area contributed by atoms with Gasteiger partial charge in [-0.2, -0.15) is 0 Å². The van der Waals surface area contributed by atoms with Crippen LogP contribution in [-0.2, 0) is 9.59 Å². The number of anilines is 2. The molecule has 0 saturated carbocycles. The highest BCUT2D eigenvalue weighted by molar-refractivity contribution is 6.46. The number of amides is 2. The molecule has 0 aliphatic carbocycles. The highest BCUT2D eigenvalue weighted by atomic mass is 19.1. The lowest BCUT2D eigenvalue weighted by atomic mass is 10.0. The molecule has 3 aromatic rings. The number of carbonyl (C=O) groups is 2. The van der Waals surface area contributed by atoms with Gasteiger partial charge >= 0.3 is 0 Å². The number of carbonyl (C=O) groups excluding carboxylic acids is 2. The lowest BCUT2D eigenvalue weighted by molar-refractivity contribution is -0.120. The van der Waals surface area contributed by atoms with Crippen molar-refractivity contribution in [2.45, 2.75) is 6.92 Å². The Bertz CT molecular complexity index is 1200. The molecule has 0 spiro atoms. The average Bonchev–Trinajstić information content (AvgIpc) is 2.99. The minimum absolute atomic E-state index is 0.00254. The number of nitrogens with zero attached hydrogens (tertiary/aromatic N) is 1. The minimum atomic E-state index is -1.01. The lowest BCUT2D eigenvalue weighted by Crippen LogP contribution is -2.33. The van der Waals surface area contributed by atoms with Gasteiger partial charge in [0.15, 0.2) is 0 Å². The van der Waals surface area contributed by atoms with E-state index < -0.39 is 23.4 Å². The van der Waals surface area contributed by atoms with Crippen molar-refractivity contribution in [2.24, 2.45) is 0 Å². The third-order valence-electron chi connectivity index (χ3n) is 4.93. The molecule has 0 fully saturated rings. The van der Waals surface area contributed by atoms with E-state index in [0.717, 1.165) is 17.7 Å². The average molecular weight is 420 g/mol. The summed E-state index contributed by atoms with van der Waals surface area (Å²) < 4.78 is 33.0. The van der Waals surface area contributed by atoms with Crippen LogP contribution in [0.15, 0.2) is 72.4 Å². The molecule has 1 heterocycles. The first-order valence-corrected chi connectivity index (χ1v) is 9.45. The van der Waals surface area contributed by atoms with Crippen molar-refractivity contribution in [3.05, 3.63) is 95.2 Å². The van der Waals surface area contributed by atoms with Crippen molar-refractivity contribution < 1.29 is 23.1 Å². The first kappa shape index (κ1) is 20.3. The molecule has 2 amide bonds. The molecule has 0 unspecified atom stereocenters. The Morgan fingerprint density at radius 1 is 0.871 bits per heavy atom. The van der Waals surface area contributed by atoms with Crippen LogP contribution < -0.4 is 15.0 Å². The van der Waals surface area contributed by atoms with E-state index in [2.05, 4.69) is 5.32 Å². The predicted molar refractivity (Wildman–Crippen MR) is 114 cm³/mol. The van der Waals surface area contributed by atoms with Crippen molar-refractivity contribution >= 4 is 28.8 Å². The molecule has 5 nitrogen and oxygen atoms in total. The summed E-state index contributed by atoms with van der Waals surface area (Å²) in [5.41, 5.74) is 1.84. The lowest BCUT2D eigenvalue weighted by Gasteiger charge is -2.16. The standard InChI is InChI=1S/C24H18F2N2O3/c1-14-3-8-17(9-4-14)27-22-21(15-5-10-18(31-2)11-6-15)23(29)28(24(22)30)20-12-7-16(25)13-19(20)26/h3-13,27H,1-2H3. The Kier molecular flexibility index (Phi) is 5.25. The van der Waals surface area contributed by atoms with Crippen molar-refractivity contribution in [1.82, 2.24) is 0 Å². The smallest absolute Gasteiger partial charge is 0.282 e. The first-order valence-electron chi connectivity index (χ1n) is 9.45. The second kappa shape index (κ2) is 8.02. The third-order valence-corrected chi connectivity index (χ3v) is 4.93. The SMILES string of the molecule is COc1ccc(C2=C(Nc3ccc(C)cc3)C(=O)N(c3ccc(F)cc3F)C2=O)cc1. The third kappa shape index (κ3) is 3.77. The zero-order valence-corrected chi connectivity index (χ0v) is 16.8. The zero-order valence-electron chi connectivity index (χ0n) is 16.8. The van der Waals surface area contributed by atoms with Gasteiger partial charge in [-0.05, 0) is 48.9 Å². The van der Waals surface area contributed by atoms with E-state index in [-0.39, 0.29) is 17.0 Å².